The molecule has 2 aromatic rings. The van der Waals surface area contributed by atoms with Crippen molar-refractivity contribution in [2.24, 2.45) is 12.0 Å². The first-order valence-corrected chi connectivity index (χ1v) is 8.15. The second kappa shape index (κ2) is 11.4. The number of aromatic nitrogens is 3. The Morgan fingerprint density at radius 2 is 2.00 bits per heavy atom. The van der Waals surface area contributed by atoms with E-state index in [2.05, 4.69) is 25.7 Å². The normalized spacial score (nSPS) is 10.8. The molecule has 0 saturated heterocycles. The summed E-state index contributed by atoms with van der Waals surface area (Å²) in [5, 5.41) is 10.3. The van der Waals surface area contributed by atoms with Crippen LogP contribution in [-0.4, -0.2) is 52.2 Å². The van der Waals surface area contributed by atoms with Gasteiger partial charge in [-0.05, 0) is 5.56 Å². The van der Waals surface area contributed by atoms with E-state index in [-0.39, 0.29) is 29.9 Å². The maximum Gasteiger partial charge on any atom is 0.224 e. The Hall–Kier alpha value is -2.17. The van der Waals surface area contributed by atoms with Crippen molar-refractivity contribution in [2.75, 3.05) is 20.6 Å². The molecule has 1 heterocycles. The van der Waals surface area contributed by atoms with Gasteiger partial charge in [0.05, 0.1) is 6.54 Å². The number of benzene rings is 1. The highest BCUT2D eigenvalue weighted by Gasteiger charge is 2.09. The van der Waals surface area contributed by atoms with Crippen LogP contribution in [0.25, 0.3) is 0 Å². The SMILES string of the molecule is CN=C(NCCC(=O)N(C)Cc1ccccc1)NCc1ncnn1C.I. The molecule has 0 aliphatic rings. The Kier molecular flexibility index (Phi) is 9.63. The molecule has 0 spiro atoms. The first-order chi connectivity index (χ1) is 12.1. The summed E-state index contributed by atoms with van der Waals surface area (Å²) in [6.07, 6.45) is 1.91. The van der Waals surface area contributed by atoms with Crippen molar-refractivity contribution < 1.29 is 4.79 Å². The number of aryl methyl sites for hydroxylation is 1. The quantitative estimate of drug-likeness (QED) is 0.360. The molecule has 0 aliphatic carbocycles. The Balaban J connectivity index is 0.00000338. The zero-order chi connectivity index (χ0) is 18.1. The van der Waals surface area contributed by atoms with Crippen LogP contribution in [-0.2, 0) is 24.9 Å². The lowest BCUT2D eigenvalue weighted by atomic mass is 10.2. The molecule has 2 N–H and O–H groups in total. The molecule has 9 heteroatoms. The summed E-state index contributed by atoms with van der Waals surface area (Å²) >= 11 is 0. The summed E-state index contributed by atoms with van der Waals surface area (Å²) < 4.78 is 1.70. The number of rotatable bonds is 7. The molecule has 1 amide bonds. The first-order valence-electron chi connectivity index (χ1n) is 8.15. The van der Waals surface area contributed by atoms with E-state index in [4.69, 9.17) is 0 Å². The molecular formula is C17H26IN7O. The van der Waals surface area contributed by atoms with Crippen LogP contribution >= 0.6 is 24.0 Å². The van der Waals surface area contributed by atoms with E-state index < -0.39 is 0 Å². The van der Waals surface area contributed by atoms with Crippen LogP contribution in [0.5, 0.6) is 0 Å². The smallest absolute Gasteiger partial charge is 0.224 e. The lowest BCUT2D eigenvalue weighted by Gasteiger charge is -2.18. The number of amides is 1. The van der Waals surface area contributed by atoms with Gasteiger partial charge in [0.15, 0.2) is 5.96 Å². The predicted octanol–water partition coefficient (Wildman–Crippen LogP) is 1.15. The van der Waals surface area contributed by atoms with Gasteiger partial charge in [0.2, 0.25) is 5.91 Å². The van der Waals surface area contributed by atoms with Crippen molar-refractivity contribution >= 4 is 35.8 Å². The van der Waals surface area contributed by atoms with Gasteiger partial charge in [0.25, 0.3) is 0 Å². The third kappa shape index (κ3) is 6.98. The summed E-state index contributed by atoms with van der Waals surface area (Å²) in [6.45, 7) is 1.63. The van der Waals surface area contributed by atoms with Gasteiger partial charge in [-0.3, -0.25) is 14.5 Å². The van der Waals surface area contributed by atoms with Crippen molar-refractivity contribution in [1.29, 1.82) is 0 Å². The third-order valence-corrected chi connectivity index (χ3v) is 3.76. The monoisotopic (exact) mass is 471 g/mol. The maximum absolute atomic E-state index is 12.2. The average Bonchev–Trinajstić information content (AvgIpc) is 3.03. The van der Waals surface area contributed by atoms with Gasteiger partial charge in [-0.25, -0.2) is 4.98 Å². The number of guanidine groups is 1. The molecule has 26 heavy (non-hydrogen) atoms. The van der Waals surface area contributed by atoms with Crippen molar-refractivity contribution in [2.45, 2.75) is 19.5 Å². The molecule has 8 nitrogen and oxygen atoms in total. The van der Waals surface area contributed by atoms with Crippen molar-refractivity contribution in [3.8, 4) is 0 Å². The molecule has 1 aromatic heterocycles. The summed E-state index contributed by atoms with van der Waals surface area (Å²) in [6, 6.07) is 9.94. The van der Waals surface area contributed by atoms with Gasteiger partial charge in [0, 0.05) is 40.7 Å². The molecule has 0 radical (unpaired) electrons. The molecule has 142 valence electrons. The Morgan fingerprint density at radius 3 is 2.62 bits per heavy atom. The minimum Gasteiger partial charge on any atom is -0.356 e. The second-order valence-corrected chi connectivity index (χ2v) is 5.64. The minimum atomic E-state index is 0. The topological polar surface area (TPSA) is 87.4 Å². The Morgan fingerprint density at radius 1 is 1.27 bits per heavy atom. The number of nitrogens with zero attached hydrogens (tertiary/aromatic N) is 5. The summed E-state index contributed by atoms with van der Waals surface area (Å²) in [5.41, 5.74) is 1.12. The highest BCUT2D eigenvalue weighted by Crippen LogP contribution is 2.03. The largest absolute Gasteiger partial charge is 0.356 e. The third-order valence-electron chi connectivity index (χ3n) is 3.76. The van der Waals surface area contributed by atoms with Gasteiger partial charge in [-0.15, -0.1) is 24.0 Å². The summed E-state index contributed by atoms with van der Waals surface area (Å²) in [4.78, 5) is 22.2. The predicted molar refractivity (Wildman–Crippen MR) is 112 cm³/mol. The summed E-state index contributed by atoms with van der Waals surface area (Å²) in [7, 11) is 5.34. The first kappa shape index (κ1) is 21.9. The minimum absolute atomic E-state index is 0. The fraction of sp³-hybridized carbons (Fsp3) is 0.412. The van der Waals surface area contributed by atoms with E-state index in [0.29, 0.717) is 32.0 Å². The fourth-order valence-corrected chi connectivity index (χ4v) is 2.29. The summed E-state index contributed by atoms with van der Waals surface area (Å²) in [5.74, 6) is 1.52. The van der Waals surface area contributed by atoms with E-state index in [0.717, 1.165) is 11.4 Å². The number of nitrogens with one attached hydrogen (secondary N) is 2. The van der Waals surface area contributed by atoms with E-state index in [1.807, 2.05) is 44.4 Å². The van der Waals surface area contributed by atoms with Gasteiger partial charge in [-0.2, -0.15) is 5.10 Å². The lowest BCUT2D eigenvalue weighted by molar-refractivity contribution is -0.130. The van der Waals surface area contributed by atoms with Crippen molar-refractivity contribution in [3.05, 3.63) is 48.0 Å². The van der Waals surface area contributed by atoms with Crippen LogP contribution < -0.4 is 10.6 Å². The van der Waals surface area contributed by atoms with E-state index in [9.17, 15) is 4.79 Å². The molecule has 0 atom stereocenters. The van der Waals surface area contributed by atoms with E-state index in [1.54, 1.807) is 16.6 Å². The van der Waals surface area contributed by atoms with E-state index in [1.165, 1.54) is 6.33 Å². The zero-order valence-electron chi connectivity index (χ0n) is 15.3. The highest BCUT2D eigenvalue weighted by molar-refractivity contribution is 14.0. The van der Waals surface area contributed by atoms with Crippen molar-refractivity contribution in [1.82, 2.24) is 30.3 Å². The van der Waals surface area contributed by atoms with Crippen LogP contribution in [0.4, 0.5) is 0 Å². The number of aliphatic imine (C=N–C) groups is 1. The highest BCUT2D eigenvalue weighted by atomic mass is 127. The lowest BCUT2D eigenvalue weighted by Crippen LogP contribution is -2.39. The van der Waals surface area contributed by atoms with Crippen LogP contribution in [0, 0.1) is 0 Å². The standard InChI is InChI=1S/C17H25N7O.HI/c1-18-17(20-11-15-21-13-22-24(15)3)19-10-9-16(25)23(2)12-14-7-5-4-6-8-14;/h4-8,13H,9-12H2,1-3H3,(H2,18,19,20);1H. The fourth-order valence-electron chi connectivity index (χ4n) is 2.29. The zero-order valence-corrected chi connectivity index (χ0v) is 17.7. The molecule has 0 fully saturated rings. The number of halogens is 1. The van der Waals surface area contributed by atoms with Crippen LogP contribution in [0.15, 0.2) is 41.7 Å². The second-order valence-electron chi connectivity index (χ2n) is 5.64. The van der Waals surface area contributed by atoms with Crippen LogP contribution in [0.3, 0.4) is 0 Å². The number of carbonyl (C=O) groups is 1. The van der Waals surface area contributed by atoms with Crippen LogP contribution in [0.2, 0.25) is 0 Å². The van der Waals surface area contributed by atoms with Gasteiger partial charge >= 0.3 is 0 Å². The molecule has 0 aliphatic heterocycles. The van der Waals surface area contributed by atoms with Gasteiger partial charge in [0.1, 0.15) is 12.2 Å². The number of hydrogen-bond acceptors (Lipinski definition) is 4. The molecule has 0 saturated carbocycles. The average molecular weight is 471 g/mol. The Bertz CT molecular complexity index is 702. The van der Waals surface area contributed by atoms with Gasteiger partial charge in [-0.1, -0.05) is 30.3 Å². The number of carbonyl (C=O) groups excluding carboxylic acids is 1. The molecular weight excluding hydrogens is 445 g/mol. The van der Waals surface area contributed by atoms with Crippen LogP contribution in [0.1, 0.15) is 17.8 Å². The molecule has 2 rings (SSSR count). The molecule has 0 bridgehead atoms. The van der Waals surface area contributed by atoms with Gasteiger partial charge < -0.3 is 15.5 Å². The van der Waals surface area contributed by atoms with Crippen molar-refractivity contribution in [3.63, 3.8) is 0 Å². The number of hydrogen-bond donors (Lipinski definition) is 2. The Labute approximate surface area is 171 Å². The van der Waals surface area contributed by atoms with E-state index >= 15 is 0 Å². The molecule has 1 aromatic carbocycles. The maximum atomic E-state index is 12.2. The molecule has 0 unspecified atom stereocenters.